The summed E-state index contributed by atoms with van der Waals surface area (Å²) < 4.78 is 13.8. The molecule has 0 nitrogen and oxygen atoms in total. The van der Waals surface area contributed by atoms with Crippen LogP contribution in [0.5, 0.6) is 0 Å². The fourth-order valence-electron chi connectivity index (χ4n) is 1.49. The monoisotopic (exact) mass is 248 g/mol. The molecule has 0 aliphatic rings. The molecule has 0 aromatic heterocycles. The maximum atomic E-state index is 13.8. The van der Waals surface area contributed by atoms with Crippen LogP contribution in [0.1, 0.15) is 12.0 Å². The molecular weight excluding hydrogens is 227 g/mol. The van der Waals surface area contributed by atoms with Crippen molar-refractivity contribution < 1.29 is 4.39 Å². The molecule has 1 rings (SSSR count). The molecule has 0 saturated heterocycles. The number of rotatable bonds is 5. The molecule has 92 valence electrons. The van der Waals surface area contributed by atoms with Crippen molar-refractivity contribution in [2.75, 3.05) is 0 Å². The van der Waals surface area contributed by atoms with E-state index >= 15 is 0 Å². The van der Waals surface area contributed by atoms with Crippen LogP contribution < -0.4 is 0 Å². The first kappa shape index (κ1) is 13.9. The third-order valence-electron chi connectivity index (χ3n) is 2.79. The van der Waals surface area contributed by atoms with Crippen LogP contribution in [-0.2, 0) is 6.42 Å². The van der Waals surface area contributed by atoms with Crippen LogP contribution in [0, 0.1) is 0 Å². The average molecular weight is 248 g/mol. The van der Waals surface area contributed by atoms with Gasteiger partial charge in [0.2, 0.25) is 0 Å². The smallest absolute Gasteiger partial charge is 0.117 e. The van der Waals surface area contributed by atoms with Gasteiger partial charge < -0.3 is 0 Å². The summed E-state index contributed by atoms with van der Waals surface area (Å²) in [5.41, 5.74) is 1.25. The lowest BCUT2D eigenvalue weighted by Gasteiger charge is -2.17. The van der Waals surface area contributed by atoms with Crippen molar-refractivity contribution in [3.63, 3.8) is 0 Å². The fourth-order valence-corrected chi connectivity index (χ4v) is 2.31. The van der Waals surface area contributed by atoms with Gasteiger partial charge in [-0.25, -0.2) is 4.39 Å². The Balaban J connectivity index is 2.52. The highest BCUT2D eigenvalue weighted by Gasteiger charge is 2.20. The van der Waals surface area contributed by atoms with Gasteiger partial charge in [0, 0.05) is 0 Å². The third-order valence-corrected chi connectivity index (χ3v) is 4.84. The van der Waals surface area contributed by atoms with E-state index in [0.29, 0.717) is 5.20 Å². The summed E-state index contributed by atoms with van der Waals surface area (Å²) >= 11 is 0. The molecule has 0 radical (unpaired) electrons. The van der Waals surface area contributed by atoms with E-state index in [1.165, 1.54) is 5.56 Å². The Hall–Kier alpha value is -1.15. The lowest BCUT2D eigenvalue weighted by Crippen LogP contribution is -2.23. The highest BCUT2D eigenvalue weighted by molar-refractivity contribution is 6.83. The van der Waals surface area contributed by atoms with Gasteiger partial charge in [0.05, 0.1) is 8.07 Å². The van der Waals surface area contributed by atoms with E-state index in [-0.39, 0.29) is 5.83 Å². The second-order valence-corrected chi connectivity index (χ2v) is 10.4. The Morgan fingerprint density at radius 3 is 2.35 bits per heavy atom. The Labute approximate surface area is 105 Å². The van der Waals surface area contributed by atoms with Crippen molar-refractivity contribution in [1.29, 1.82) is 0 Å². The molecule has 0 saturated carbocycles. The molecule has 1 aromatic carbocycles. The fraction of sp³-hybridized carbons (Fsp3) is 0.333. The minimum absolute atomic E-state index is 0.111. The minimum Gasteiger partial charge on any atom is -0.208 e. The zero-order valence-corrected chi connectivity index (χ0v) is 12.0. The second kappa shape index (κ2) is 5.96. The quantitative estimate of drug-likeness (QED) is 0.513. The highest BCUT2D eigenvalue weighted by atomic mass is 28.3. The van der Waals surface area contributed by atoms with E-state index in [4.69, 9.17) is 0 Å². The number of benzene rings is 1. The molecule has 0 amide bonds. The average Bonchev–Trinajstić information content (AvgIpc) is 2.28. The van der Waals surface area contributed by atoms with Gasteiger partial charge in [-0.3, -0.25) is 0 Å². The zero-order valence-electron chi connectivity index (χ0n) is 11.0. The van der Waals surface area contributed by atoms with Gasteiger partial charge in [0.15, 0.2) is 0 Å². The van der Waals surface area contributed by atoms with E-state index in [2.05, 4.69) is 38.4 Å². The van der Waals surface area contributed by atoms with Crippen molar-refractivity contribution in [3.05, 3.63) is 59.6 Å². The number of aryl methyl sites for hydroxylation is 1. The van der Waals surface area contributed by atoms with Gasteiger partial charge in [0.25, 0.3) is 0 Å². The topological polar surface area (TPSA) is 0 Å². The molecule has 0 aliphatic carbocycles. The highest BCUT2D eigenvalue weighted by Crippen LogP contribution is 2.22. The molecule has 17 heavy (non-hydrogen) atoms. The molecule has 0 bridgehead atoms. The molecular formula is C15H21FSi. The van der Waals surface area contributed by atoms with E-state index in [0.717, 1.165) is 12.8 Å². The molecule has 0 aliphatic heterocycles. The predicted molar refractivity (Wildman–Crippen MR) is 76.4 cm³/mol. The molecule has 0 unspecified atom stereocenters. The molecule has 0 N–H and O–H groups in total. The van der Waals surface area contributed by atoms with Crippen LogP contribution in [-0.4, -0.2) is 8.07 Å². The van der Waals surface area contributed by atoms with E-state index in [1.54, 1.807) is 6.08 Å². The number of hydrogen-bond acceptors (Lipinski definition) is 0. The Morgan fingerprint density at radius 2 is 1.82 bits per heavy atom. The van der Waals surface area contributed by atoms with Gasteiger partial charge in [-0.1, -0.05) is 56.6 Å². The van der Waals surface area contributed by atoms with Crippen LogP contribution in [0.3, 0.4) is 0 Å². The largest absolute Gasteiger partial charge is 0.208 e. The van der Waals surface area contributed by atoms with E-state index < -0.39 is 8.07 Å². The third kappa shape index (κ3) is 4.69. The summed E-state index contributed by atoms with van der Waals surface area (Å²) in [6.45, 7) is 10.2. The lowest BCUT2D eigenvalue weighted by atomic mass is 10.1. The first-order valence-corrected chi connectivity index (χ1v) is 9.50. The Kier molecular flexibility index (Phi) is 4.88. The second-order valence-electron chi connectivity index (χ2n) is 5.30. The van der Waals surface area contributed by atoms with Gasteiger partial charge >= 0.3 is 0 Å². The minimum atomic E-state index is -1.59. The van der Waals surface area contributed by atoms with Crippen molar-refractivity contribution >= 4 is 8.07 Å². The van der Waals surface area contributed by atoms with Crippen molar-refractivity contribution in [1.82, 2.24) is 0 Å². The predicted octanol–water partition coefficient (Wildman–Crippen LogP) is 4.91. The van der Waals surface area contributed by atoms with Crippen LogP contribution in [0.4, 0.5) is 4.39 Å². The SMILES string of the molecule is C=C(/C(F)=C\CCc1ccccc1)[Si](C)(C)C. The normalized spacial score (nSPS) is 12.6. The molecule has 0 fully saturated rings. The van der Waals surface area contributed by atoms with E-state index in [1.807, 2.05) is 18.2 Å². The summed E-state index contributed by atoms with van der Waals surface area (Å²) in [5.74, 6) is -0.111. The standard InChI is InChI=1S/C15H21FSi/c1-13(17(2,3)4)15(16)12-8-11-14-9-6-5-7-10-14/h5-7,9-10,12H,1,8,11H2,2-4H3/b15-12+. The van der Waals surface area contributed by atoms with Crippen molar-refractivity contribution in [3.8, 4) is 0 Å². The summed E-state index contributed by atoms with van der Waals surface area (Å²) in [4.78, 5) is 0. The van der Waals surface area contributed by atoms with Crippen LogP contribution in [0.2, 0.25) is 19.6 Å². The lowest BCUT2D eigenvalue weighted by molar-refractivity contribution is 0.653. The Bertz CT molecular complexity index is 399. The van der Waals surface area contributed by atoms with Gasteiger partial charge in [-0.15, -0.1) is 0 Å². The molecule has 1 aromatic rings. The van der Waals surface area contributed by atoms with Crippen LogP contribution >= 0.6 is 0 Å². The summed E-state index contributed by atoms with van der Waals surface area (Å²) in [6, 6.07) is 10.2. The number of halogens is 1. The van der Waals surface area contributed by atoms with Gasteiger partial charge in [0.1, 0.15) is 5.83 Å². The Morgan fingerprint density at radius 1 is 1.24 bits per heavy atom. The van der Waals surface area contributed by atoms with Gasteiger partial charge in [-0.2, -0.15) is 0 Å². The van der Waals surface area contributed by atoms with Crippen molar-refractivity contribution in [2.24, 2.45) is 0 Å². The molecule has 0 atom stereocenters. The number of hydrogen-bond donors (Lipinski definition) is 0. The molecule has 2 heteroatoms. The molecule has 0 heterocycles. The van der Waals surface area contributed by atoms with Crippen molar-refractivity contribution in [2.45, 2.75) is 32.5 Å². The van der Waals surface area contributed by atoms with Crippen LogP contribution in [0.25, 0.3) is 0 Å². The summed E-state index contributed by atoms with van der Waals surface area (Å²) in [6.07, 6.45) is 3.29. The first-order valence-electron chi connectivity index (χ1n) is 6.00. The molecule has 0 spiro atoms. The first-order chi connectivity index (χ1) is 7.91. The van der Waals surface area contributed by atoms with Gasteiger partial charge in [-0.05, 0) is 29.7 Å². The summed E-state index contributed by atoms with van der Waals surface area (Å²) in [7, 11) is -1.59. The van der Waals surface area contributed by atoms with Crippen LogP contribution in [0.15, 0.2) is 54.0 Å². The maximum absolute atomic E-state index is 13.8. The summed E-state index contributed by atoms with van der Waals surface area (Å²) in [5, 5.41) is 0.713. The zero-order chi connectivity index (χ0) is 12.9. The van der Waals surface area contributed by atoms with E-state index in [9.17, 15) is 4.39 Å². The number of allylic oxidation sites excluding steroid dienone is 3. The maximum Gasteiger partial charge on any atom is 0.117 e.